The normalized spacial score (nSPS) is 15.2. The summed E-state index contributed by atoms with van der Waals surface area (Å²) in [6.07, 6.45) is 1.82. The first-order valence-corrected chi connectivity index (χ1v) is 7.97. The predicted octanol–water partition coefficient (Wildman–Crippen LogP) is 0.615. The Hall–Kier alpha value is -1.67. The Balaban J connectivity index is 2.22. The van der Waals surface area contributed by atoms with Gasteiger partial charge in [0.05, 0.1) is 6.54 Å². The minimum atomic E-state index is -4.11. The van der Waals surface area contributed by atoms with Crippen LogP contribution in [-0.2, 0) is 14.8 Å². The topological polar surface area (TPSA) is 92.5 Å². The number of rotatable bonds is 5. The van der Waals surface area contributed by atoms with Crippen LogP contribution in [0.3, 0.4) is 0 Å². The number of nitrogens with two attached hydrogens (primary N) is 1. The minimum absolute atomic E-state index is 0.139. The molecule has 1 aromatic carbocycles. The fourth-order valence-electron chi connectivity index (χ4n) is 1.91. The summed E-state index contributed by atoms with van der Waals surface area (Å²) in [6, 6.07) is 2.56. The van der Waals surface area contributed by atoms with Crippen molar-refractivity contribution < 1.29 is 17.6 Å². The molecule has 0 bridgehead atoms. The Morgan fingerprint density at radius 3 is 2.67 bits per heavy atom. The van der Waals surface area contributed by atoms with Crippen molar-refractivity contribution in [2.45, 2.75) is 30.7 Å². The molecule has 8 heteroatoms. The molecule has 6 nitrogen and oxygen atoms in total. The van der Waals surface area contributed by atoms with Gasteiger partial charge in [-0.2, -0.15) is 4.31 Å². The molecule has 2 rings (SSSR count). The van der Waals surface area contributed by atoms with Gasteiger partial charge in [0, 0.05) is 18.8 Å². The lowest BCUT2D eigenvalue weighted by molar-refractivity contribution is -0.121. The molecule has 1 fully saturated rings. The Labute approximate surface area is 123 Å². The number of sulfonamides is 1. The average Bonchev–Trinajstić information content (AvgIpc) is 3.17. The van der Waals surface area contributed by atoms with Crippen molar-refractivity contribution in [2.24, 2.45) is 0 Å². The van der Waals surface area contributed by atoms with E-state index in [0.29, 0.717) is 0 Å². The molecule has 1 saturated carbocycles. The first kappa shape index (κ1) is 15.7. The standard InChI is InChI=1S/C13H18FN3O3S/c1-8-5-9(15)6-11(13(8)14)21(19,20)17(2)7-12(18)16-10-3-4-10/h5-6,10H,3-4,7,15H2,1-2H3,(H,16,18). The van der Waals surface area contributed by atoms with Gasteiger partial charge in [-0.05, 0) is 37.5 Å². The lowest BCUT2D eigenvalue weighted by atomic mass is 10.2. The molecule has 1 aromatic rings. The molecule has 1 aliphatic rings. The fraction of sp³-hybridized carbons (Fsp3) is 0.462. The molecule has 1 aliphatic carbocycles. The molecule has 0 atom stereocenters. The summed E-state index contributed by atoms with van der Waals surface area (Å²) in [6.45, 7) is 1.08. The van der Waals surface area contributed by atoms with Crippen molar-refractivity contribution >= 4 is 21.6 Å². The Kier molecular flexibility index (Phi) is 4.20. The zero-order valence-corrected chi connectivity index (χ0v) is 12.7. The van der Waals surface area contributed by atoms with Crippen LogP contribution in [0.1, 0.15) is 18.4 Å². The van der Waals surface area contributed by atoms with E-state index in [-0.39, 0.29) is 23.8 Å². The van der Waals surface area contributed by atoms with E-state index in [4.69, 9.17) is 5.73 Å². The third kappa shape index (κ3) is 3.51. The van der Waals surface area contributed by atoms with Gasteiger partial charge in [0.1, 0.15) is 10.7 Å². The Morgan fingerprint density at radius 2 is 2.10 bits per heavy atom. The third-order valence-corrected chi connectivity index (χ3v) is 5.04. The highest BCUT2D eigenvalue weighted by atomic mass is 32.2. The molecule has 3 N–H and O–H groups in total. The van der Waals surface area contributed by atoms with Gasteiger partial charge in [0.25, 0.3) is 0 Å². The van der Waals surface area contributed by atoms with E-state index >= 15 is 0 Å². The SMILES string of the molecule is Cc1cc(N)cc(S(=O)(=O)N(C)CC(=O)NC2CC2)c1F. The molecular weight excluding hydrogens is 297 g/mol. The van der Waals surface area contributed by atoms with E-state index in [0.717, 1.165) is 23.2 Å². The molecular formula is C13H18FN3O3S. The van der Waals surface area contributed by atoms with Gasteiger partial charge in [-0.15, -0.1) is 0 Å². The van der Waals surface area contributed by atoms with E-state index in [1.165, 1.54) is 20.0 Å². The predicted molar refractivity (Wildman–Crippen MR) is 76.5 cm³/mol. The van der Waals surface area contributed by atoms with Crippen LogP contribution in [0.25, 0.3) is 0 Å². The number of aryl methyl sites for hydroxylation is 1. The number of hydrogen-bond donors (Lipinski definition) is 2. The van der Waals surface area contributed by atoms with Crippen molar-refractivity contribution in [3.05, 3.63) is 23.5 Å². The number of likely N-dealkylation sites (N-methyl/N-ethyl adjacent to an activating group) is 1. The van der Waals surface area contributed by atoms with Crippen LogP contribution in [0.15, 0.2) is 17.0 Å². The maximum Gasteiger partial charge on any atom is 0.246 e. The van der Waals surface area contributed by atoms with Crippen LogP contribution >= 0.6 is 0 Å². The number of nitrogen functional groups attached to an aromatic ring is 1. The van der Waals surface area contributed by atoms with Crippen molar-refractivity contribution in [3.8, 4) is 0 Å². The molecule has 21 heavy (non-hydrogen) atoms. The number of benzene rings is 1. The van der Waals surface area contributed by atoms with E-state index in [1.807, 2.05) is 0 Å². The lowest BCUT2D eigenvalue weighted by Gasteiger charge is -2.18. The summed E-state index contributed by atoms with van der Waals surface area (Å²) in [5, 5.41) is 2.68. The second kappa shape index (κ2) is 5.61. The van der Waals surface area contributed by atoms with Crippen LogP contribution in [0.2, 0.25) is 0 Å². The van der Waals surface area contributed by atoms with Gasteiger partial charge in [-0.3, -0.25) is 4.79 Å². The summed E-state index contributed by atoms with van der Waals surface area (Å²) in [7, 11) is -2.87. The smallest absolute Gasteiger partial charge is 0.246 e. The monoisotopic (exact) mass is 315 g/mol. The zero-order valence-electron chi connectivity index (χ0n) is 11.9. The van der Waals surface area contributed by atoms with Crippen molar-refractivity contribution in [3.63, 3.8) is 0 Å². The van der Waals surface area contributed by atoms with Crippen LogP contribution in [-0.4, -0.2) is 38.3 Å². The summed E-state index contributed by atoms with van der Waals surface area (Å²) in [5.41, 5.74) is 5.87. The molecule has 0 aliphatic heterocycles. The maximum absolute atomic E-state index is 14.0. The van der Waals surface area contributed by atoms with Gasteiger partial charge in [0.2, 0.25) is 15.9 Å². The molecule has 0 saturated heterocycles. The van der Waals surface area contributed by atoms with E-state index < -0.39 is 26.6 Å². The van der Waals surface area contributed by atoms with E-state index in [2.05, 4.69) is 5.32 Å². The summed E-state index contributed by atoms with van der Waals surface area (Å²) < 4.78 is 39.5. The first-order valence-electron chi connectivity index (χ1n) is 6.53. The quantitative estimate of drug-likeness (QED) is 0.779. The van der Waals surface area contributed by atoms with Gasteiger partial charge in [-0.25, -0.2) is 12.8 Å². The highest BCUT2D eigenvalue weighted by Crippen LogP contribution is 2.24. The highest BCUT2D eigenvalue weighted by molar-refractivity contribution is 7.89. The van der Waals surface area contributed by atoms with Crippen molar-refractivity contribution in [1.29, 1.82) is 0 Å². The number of halogens is 1. The van der Waals surface area contributed by atoms with Crippen LogP contribution in [0, 0.1) is 12.7 Å². The van der Waals surface area contributed by atoms with Crippen LogP contribution in [0.5, 0.6) is 0 Å². The van der Waals surface area contributed by atoms with Gasteiger partial charge in [0.15, 0.2) is 0 Å². The average molecular weight is 315 g/mol. The Bertz CT molecular complexity index is 671. The Morgan fingerprint density at radius 1 is 1.48 bits per heavy atom. The number of hydrogen-bond acceptors (Lipinski definition) is 4. The molecule has 0 unspecified atom stereocenters. The number of nitrogens with one attached hydrogen (secondary N) is 1. The fourth-order valence-corrected chi connectivity index (χ4v) is 3.20. The third-order valence-electron chi connectivity index (χ3n) is 3.24. The number of amides is 1. The number of nitrogens with zero attached hydrogens (tertiary/aromatic N) is 1. The van der Waals surface area contributed by atoms with Crippen LogP contribution < -0.4 is 11.1 Å². The zero-order chi connectivity index (χ0) is 15.8. The second-order valence-electron chi connectivity index (χ2n) is 5.25. The number of carbonyl (C=O) groups excluding carboxylic acids is 1. The molecule has 0 radical (unpaired) electrons. The summed E-state index contributed by atoms with van der Waals surface area (Å²) in [5.74, 6) is -1.25. The van der Waals surface area contributed by atoms with Crippen LogP contribution in [0.4, 0.5) is 10.1 Å². The molecule has 0 aromatic heterocycles. The largest absolute Gasteiger partial charge is 0.399 e. The number of anilines is 1. The van der Waals surface area contributed by atoms with Gasteiger partial charge < -0.3 is 11.1 Å². The van der Waals surface area contributed by atoms with E-state index in [1.54, 1.807) is 0 Å². The molecule has 0 spiro atoms. The maximum atomic E-state index is 14.0. The first-order chi connectivity index (χ1) is 9.71. The lowest BCUT2D eigenvalue weighted by Crippen LogP contribution is -2.39. The van der Waals surface area contributed by atoms with E-state index in [9.17, 15) is 17.6 Å². The highest BCUT2D eigenvalue weighted by Gasteiger charge is 2.29. The van der Waals surface area contributed by atoms with Crippen molar-refractivity contribution in [2.75, 3.05) is 19.3 Å². The van der Waals surface area contributed by atoms with Crippen molar-refractivity contribution in [1.82, 2.24) is 9.62 Å². The minimum Gasteiger partial charge on any atom is -0.399 e. The summed E-state index contributed by atoms with van der Waals surface area (Å²) in [4.78, 5) is 11.2. The molecule has 0 heterocycles. The second-order valence-corrected chi connectivity index (χ2v) is 7.27. The molecule has 116 valence electrons. The van der Waals surface area contributed by atoms with Gasteiger partial charge >= 0.3 is 0 Å². The molecule has 1 amide bonds. The summed E-state index contributed by atoms with van der Waals surface area (Å²) >= 11 is 0. The van der Waals surface area contributed by atoms with Gasteiger partial charge in [-0.1, -0.05) is 0 Å². The number of carbonyl (C=O) groups is 1.